The predicted octanol–water partition coefficient (Wildman–Crippen LogP) is 18.3. The molecular weight excluding hydrogens is 1350 g/mol. The Bertz CT molecular complexity index is 4200. The van der Waals surface area contributed by atoms with Crippen LogP contribution in [0, 0.1) is 57.2 Å². The van der Waals surface area contributed by atoms with Gasteiger partial charge in [0.25, 0.3) is 0 Å². The topological polar surface area (TPSA) is 247 Å². The van der Waals surface area contributed by atoms with Gasteiger partial charge in [-0.3, -0.25) is 28.8 Å². The van der Waals surface area contributed by atoms with E-state index in [2.05, 4.69) is 110 Å². The van der Waals surface area contributed by atoms with Gasteiger partial charge in [-0.05, 0) is 205 Å². The molecule has 1 aromatic heterocycles. The van der Waals surface area contributed by atoms with E-state index in [0.29, 0.717) is 54.2 Å². The number of rotatable bonds is 18. The van der Waals surface area contributed by atoms with Crippen LogP contribution in [0.15, 0.2) is 157 Å². The summed E-state index contributed by atoms with van der Waals surface area (Å²) >= 11 is 1.03. The Kier molecular flexibility index (Phi) is 25.0. The summed E-state index contributed by atoms with van der Waals surface area (Å²) in [5.41, 5.74) is -2.29. The second-order valence-electron chi connectivity index (χ2n) is 29.5. The number of phenolic OH excluding ortho intramolecular Hbond substituents is 1. The third-order valence-electron chi connectivity index (χ3n) is 21.5. The Morgan fingerprint density at radius 3 is 1.56 bits per heavy atom. The number of phenols is 1. The molecule has 4 bridgehead atoms. The first-order chi connectivity index (χ1) is 47.4. The van der Waals surface area contributed by atoms with Crippen molar-refractivity contribution in [3.63, 3.8) is 0 Å². The van der Waals surface area contributed by atoms with Gasteiger partial charge in [-0.2, -0.15) is 8.78 Å². The summed E-state index contributed by atoms with van der Waals surface area (Å²) in [7, 11) is -5.87. The summed E-state index contributed by atoms with van der Waals surface area (Å²) in [6, 6.07) is 43.8. The molecule has 4 saturated carbocycles. The predicted molar refractivity (Wildman–Crippen MR) is 386 cm³/mol. The van der Waals surface area contributed by atoms with Crippen molar-refractivity contribution in [2.24, 2.45) is 57.2 Å². The molecule has 8 atom stereocenters. The van der Waals surface area contributed by atoms with E-state index in [1.54, 1.807) is 63.2 Å². The molecule has 0 saturated heterocycles. The van der Waals surface area contributed by atoms with Crippen LogP contribution in [0.5, 0.6) is 17.2 Å². The second-order valence-corrected chi connectivity index (χ2v) is 34.0. The Balaban J connectivity index is 0.000000162. The summed E-state index contributed by atoms with van der Waals surface area (Å²) in [4.78, 5) is 88.3. The van der Waals surface area contributed by atoms with Crippen LogP contribution in [0.3, 0.4) is 0 Å². The number of aromatic hydroxyl groups is 1. The fourth-order valence-corrected chi connectivity index (χ4v) is 17.0. The number of carbonyl (C=O) groups is 6. The molecule has 0 spiro atoms. The summed E-state index contributed by atoms with van der Waals surface area (Å²) in [6.07, 6.45) is 8.15. The standard InChI is InChI=1S/C20H20O5.C20H32O2.C18H15S.C13H14O4S.C9H16F2O5S/c1-4-20(2,3)19(24)25-18-12-8-6-5-7-11(12)17(23)15-13(21)9-10-14(22)16(15)18;1-5-19(3,4)18(21)22-20(6-2)11-14-10-15(20)17-13-8-7-12(9-13)16(14)17;1-4-10-16(11-5-1)19(17-12-6-2-7-13-17)18-14-8-3-9-15-18;1-4-13(2,3)11(14)16-8-5-6-10-9(7-8)17-12(15)18-10;1-5-8(3,4)7(12)16-6(2)9(10,11)17(13,14)15/h5-8,23H,4,9-10H2,1-3H3;12-17H,5-11H2,1-4H3;1-15H;5-7H,4H2,1-3H3;6H,5H2,1-4H3,(H,13,14,15)/q;;+1;;/p-1. The van der Waals surface area contributed by atoms with Crippen LogP contribution >= 0.6 is 11.3 Å². The quantitative estimate of drug-likeness (QED) is 0.0276. The van der Waals surface area contributed by atoms with Gasteiger partial charge in [0.2, 0.25) is 0 Å². The van der Waals surface area contributed by atoms with Crippen molar-refractivity contribution in [1.82, 2.24) is 0 Å². The van der Waals surface area contributed by atoms with Gasteiger partial charge in [-0.15, -0.1) is 0 Å². The highest BCUT2D eigenvalue weighted by Crippen LogP contribution is 2.71. The summed E-state index contributed by atoms with van der Waals surface area (Å²) in [5, 5.41) is 6.74. The number of alkyl halides is 2. The number of esters is 4. The molecule has 0 radical (unpaired) electrons. The molecule has 16 nitrogen and oxygen atoms in total. The maximum Gasteiger partial charge on any atom is 0.396 e. The van der Waals surface area contributed by atoms with E-state index < -0.39 is 49.7 Å². The summed E-state index contributed by atoms with van der Waals surface area (Å²) in [6.45, 7) is 24.6. The molecule has 4 fully saturated rings. The van der Waals surface area contributed by atoms with Gasteiger partial charge in [0.15, 0.2) is 53.8 Å². The minimum absolute atomic E-state index is 0.0146. The Morgan fingerprint density at radius 2 is 1.07 bits per heavy atom. The smallest absolute Gasteiger partial charge is 0.396 e. The average molecular weight is 1450 g/mol. The molecule has 1 heterocycles. The van der Waals surface area contributed by atoms with Crippen molar-refractivity contribution < 1.29 is 79.0 Å². The summed E-state index contributed by atoms with van der Waals surface area (Å²) in [5.74, 6) is 3.30. The van der Waals surface area contributed by atoms with Crippen molar-refractivity contribution in [2.75, 3.05) is 0 Å². The second kappa shape index (κ2) is 32.0. The van der Waals surface area contributed by atoms with Gasteiger partial charge in [0.05, 0.1) is 48.4 Å². The van der Waals surface area contributed by atoms with Crippen molar-refractivity contribution in [3.05, 3.63) is 154 Å². The zero-order valence-corrected chi connectivity index (χ0v) is 62.7. The van der Waals surface area contributed by atoms with Gasteiger partial charge in [0, 0.05) is 35.6 Å². The molecule has 544 valence electrons. The van der Waals surface area contributed by atoms with E-state index in [1.807, 2.05) is 41.5 Å². The van der Waals surface area contributed by atoms with Crippen molar-refractivity contribution >= 4 is 88.8 Å². The van der Waals surface area contributed by atoms with Crippen LogP contribution in [0.25, 0.3) is 21.1 Å². The Morgan fingerprint density at radius 1 is 0.614 bits per heavy atom. The molecule has 12 rings (SSSR count). The third kappa shape index (κ3) is 17.4. The Hall–Kier alpha value is -7.59. The molecule has 101 heavy (non-hydrogen) atoms. The van der Waals surface area contributed by atoms with Gasteiger partial charge in [0.1, 0.15) is 17.1 Å². The molecular formula is C80H96F2O16S3. The maximum atomic E-state index is 13.0. The molecule has 5 aliphatic rings. The number of hydrogen-bond donors (Lipinski definition) is 1. The lowest BCUT2D eigenvalue weighted by Crippen LogP contribution is -2.49. The van der Waals surface area contributed by atoms with Gasteiger partial charge in [-0.25, -0.2) is 13.2 Å². The minimum atomic E-state index is -5.86. The summed E-state index contributed by atoms with van der Waals surface area (Å²) < 4.78 is 84.2. The monoisotopic (exact) mass is 1450 g/mol. The van der Waals surface area contributed by atoms with E-state index in [1.165, 1.54) is 54.2 Å². The molecule has 6 aromatic carbocycles. The van der Waals surface area contributed by atoms with Crippen molar-refractivity contribution in [1.29, 1.82) is 0 Å². The maximum absolute atomic E-state index is 13.0. The van der Waals surface area contributed by atoms with E-state index >= 15 is 0 Å². The van der Waals surface area contributed by atoms with E-state index in [0.717, 1.165) is 64.9 Å². The first-order valence-electron chi connectivity index (χ1n) is 34.9. The lowest BCUT2D eigenvalue weighted by molar-refractivity contribution is -0.183. The SMILES string of the molecule is CCC(C)(C)C(=O)OC(C)C(F)(F)S(=O)(=O)[O-].CCC(C)(C)C(=O)OC1(CC)CC2CC1C1C3CCC(C3)C21.CCC(C)(C)C(=O)Oc1c2c(c(O)c3ccccc13)C(=O)CCC2=O.CCC(C)(C)C(=O)Oc1ccc2sc(=O)oc2c1.c1ccc([S+](c2ccccc2)c2ccccc2)cc1. The minimum Gasteiger partial charge on any atom is -0.743 e. The van der Waals surface area contributed by atoms with E-state index in [9.17, 15) is 60.4 Å². The first-order valence-corrected chi connectivity index (χ1v) is 38.4. The number of carbonyl (C=O) groups excluding carboxylic acids is 6. The van der Waals surface area contributed by atoms with E-state index in [-0.39, 0.29) is 85.8 Å². The highest BCUT2D eigenvalue weighted by molar-refractivity contribution is 7.97. The number of ketones is 2. The molecule has 7 aromatic rings. The normalized spacial score (nSPS) is 20.9. The lowest BCUT2D eigenvalue weighted by Gasteiger charge is -2.46. The van der Waals surface area contributed by atoms with Gasteiger partial charge in [-0.1, -0.05) is 125 Å². The van der Waals surface area contributed by atoms with Gasteiger partial charge < -0.3 is 33.0 Å². The average Bonchev–Trinajstić information content (AvgIpc) is 1.54. The zero-order valence-electron chi connectivity index (χ0n) is 60.3. The molecule has 0 amide bonds. The molecule has 21 heteroatoms. The first kappa shape index (κ1) is 79.1. The fourth-order valence-electron chi connectivity index (χ4n) is 13.8. The number of halogens is 2. The van der Waals surface area contributed by atoms with Gasteiger partial charge >= 0.3 is 34.1 Å². The molecule has 8 unspecified atom stereocenters. The number of benzene rings is 6. The number of ether oxygens (including phenoxy) is 4. The molecule has 5 aliphatic carbocycles. The van der Waals surface area contributed by atoms with Crippen molar-refractivity contribution in [2.45, 2.75) is 206 Å². The Labute approximate surface area is 598 Å². The highest BCUT2D eigenvalue weighted by Gasteiger charge is 2.68. The largest absolute Gasteiger partial charge is 0.743 e. The lowest BCUT2D eigenvalue weighted by atomic mass is 9.65. The number of Topliss-reactive ketones (excluding diaryl/α,β-unsaturated/α-hetero) is 2. The number of hydrogen-bond acceptors (Lipinski definition) is 17. The van der Waals surface area contributed by atoms with Crippen LogP contribution in [0.2, 0.25) is 0 Å². The van der Waals surface area contributed by atoms with Crippen LogP contribution in [0.4, 0.5) is 8.78 Å². The van der Waals surface area contributed by atoms with Crippen LogP contribution in [-0.4, -0.2) is 70.5 Å². The van der Waals surface area contributed by atoms with Crippen LogP contribution in [0.1, 0.15) is 195 Å². The number of fused-ring (bicyclic) bond motifs is 12. The molecule has 0 aliphatic heterocycles. The van der Waals surface area contributed by atoms with Crippen molar-refractivity contribution in [3.8, 4) is 17.2 Å². The fraction of sp³-hybridized carbons (Fsp3) is 0.487. The zero-order chi connectivity index (χ0) is 74.4. The van der Waals surface area contributed by atoms with E-state index in [4.69, 9.17) is 18.6 Å². The van der Waals surface area contributed by atoms with Crippen LogP contribution < -0.4 is 14.4 Å². The third-order valence-corrected chi connectivity index (χ3v) is 25.6. The molecule has 1 N–H and O–H groups in total. The van der Waals surface area contributed by atoms with Crippen LogP contribution in [-0.2, 0) is 49.7 Å². The highest BCUT2D eigenvalue weighted by atomic mass is 32.2.